The van der Waals surface area contributed by atoms with Gasteiger partial charge in [0.25, 0.3) is 0 Å². The highest BCUT2D eigenvalue weighted by Gasteiger charge is 2.23. The Hall–Kier alpha value is -1.55. The van der Waals surface area contributed by atoms with Crippen LogP contribution in [0.5, 0.6) is 0 Å². The summed E-state index contributed by atoms with van der Waals surface area (Å²) in [7, 11) is 1.86. The third-order valence-electron chi connectivity index (χ3n) is 3.43. The van der Waals surface area contributed by atoms with Crippen molar-refractivity contribution in [2.24, 2.45) is 0 Å². The van der Waals surface area contributed by atoms with E-state index in [9.17, 15) is 4.79 Å². The van der Waals surface area contributed by atoms with Crippen molar-refractivity contribution in [1.29, 1.82) is 0 Å². The van der Waals surface area contributed by atoms with Gasteiger partial charge in [0, 0.05) is 25.8 Å². The maximum atomic E-state index is 12.0. The fourth-order valence-electron chi connectivity index (χ4n) is 2.21. The Kier molecular flexibility index (Phi) is 4.20. The number of carbonyl (C=O) groups excluding carboxylic acids is 1. The van der Waals surface area contributed by atoms with E-state index in [4.69, 9.17) is 10.5 Å². The van der Waals surface area contributed by atoms with Gasteiger partial charge < -0.3 is 15.4 Å². The van der Waals surface area contributed by atoms with Crippen LogP contribution in [-0.2, 0) is 16.0 Å². The second-order valence-corrected chi connectivity index (χ2v) is 4.77. The van der Waals surface area contributed by atoms with Crippen molar-refractivity contribution in [2.75, 3.05) is 26.0 Å². The largest absolute Gasteiger partial charge is 0.399 e. The van der Waals surface area contributed by atoms with Crippen LogP contribution in [-0.4, -0.2) is 37.1 Å². The van der Waals surface area contributed by atoms with E-state index in [0.29, 0.717) is 13.0 Å². The molecule has 98 valence electrons. The number of nitrogens with zero attached hydrogens (tertiary/aromatic N) is 1. The highest BCUT2D eigenvalue weighted by molar-refractivity contribution is 5.76. The van der Waals surface area contributed by atoms with E-state index in [1.807, 2.05) is 36.2 Å². The molecule has 1 atom stereocenters. The van der Waals surface area contributed by atoms with Crippen LogP contribution in [0.25, 0.3) is 0 Å². The molecule has 0 saturated carbocycles. The molecule has 1 aliphatic heterocycles. The molecular formula is C14H20N2O2. The lowest BCUT2D eigenvalue weighted by Gasteiger charge is -2.23. The van der Waals surface area contributed by atoms with Gasteiger partial charge in [-0.1, -0.05) is 12.1 Å². The standard InChI is InChI=1S/C14H20N2O2/c1-16(13-7-8-18-10-13)14(17)6-5-11-3-2-4-12(15)9-11/h2-4,9,13H,5-8,10,15H2,1H3. The molecule has 1 aromatic rings. The molecule has 1 unspecified atom stereocenters. The third kappa shape index (κ3) is 3.23. The predicted octanol–water partition coefficient (Wildman–Crippen LogP) is 1.45. The number of anilines is 1. The summed E-state index contributed by atoms with van der Waals surface area (Å²) in [6.07, 6.45) is 2.21. The van der Waals surface area contributed by atoms with Crippen molar-refractivity contribution in [3.8, 4) is 0 Å². The van der Waals surface area contributed by atoms with E-state index in [2.05, 4.69) is 0 Å². The first-order valence-corrected chi connectivity index (χ1v) is 6.34. The van der Waals surface area contributed by atoms with E-state index < -0.39 is 0 Å². The molecule has 4 heteroatoms. The van der Waals surface area contributed by atoms with Gasteiger partial charge in [-0.3, -0.25) is 4.79 Å². The molecule has 2 N–H and O–H groups in total. The lowest BCUT2D eigenvalue weighted by atomic mass is 10.1. The van der Waals surface area contributed by atoms with Crippen molar-refractivity contribution in [3.63, 3.8) is 0 Å². The Morgan fingerprint density at radius 2 is 2.39 bits per heavy atom. The molecule has 2 rings (SSSR count). The lowest BCUT2D eigenvalue weighted by molar-refractivity contribution is -0.131. The van der Waals surface area contributed by atoms with Crippen LogP contribution in [0.2, 0.25) is 0 Å². The lowest BCUT2D eigenvalue weighted by Crippen LogP contribution is -2.37. The van der Waals surface area contributed by atoms with E-state index in [0.717, 1.165) is 30.7 Å². The second-order valence-electron chi connectivity index (χ2n) is 4.77. The Morgan fingerprint density at radius 1 is 1.56 bits per heavy atom. The fraction of sp³-hybridized carbons (Fsp3) is 0.500. The number of hydrogen-bond acceptors (Lipinski definition) is 3. The SMILES string of the molecule is CN(C(=O)CCc1cccc(N)c1)C1CCOC1. The smallest absolute Gasteiger partial charge is 0.222 e. The van der Waals surface area contributed by atoms with Crippen LogP contribution < -0.4 is 5.73 Å². The molecule has 1 amide bonds. The Bertz CT molecular complexity index is 414. The minimum absolute atomic E-state index is 0.174. The van der Waals surface area contributed by atoms with Crippen LogP contribution in [0, 0.1) is 0 Å². The number of rotatable bonds is 4. The Balaban J connectivity index is 1.84. The number of hydrogen-bond donors (Lipinski definition) is 1. The molecule has 1 fully saturated rings. The quantitative estimate of drug-likeness (QED) is 0.820. The molecule has 1 heterocycles. The van der Waals surface area contributed by atoms with Gasteiger partial charge in [-0.15, -0.1) is 0 Å². The number of benzene rings is 1. The van der Waals surface area contributed by atoms with Crippen LogP contribution in [0.1, 0.15) is 18.4 Å². The van der Waals surface area contributed by atoms with Crippen LogP contribution in [0.4, 0.5) is 5.69 Å². The summed E-state index contributed by atoms with van der Waals surface area (Å²) >= 11 is 0. The van der Waals surface area contributed by atoms with E-state index in [1.165, 1.54) is 0 Å². The number of aryl methyl sites for hydroxylation is 1. The molecular weight excluding hydrogens is 228 g/mol. The highest BCUT2D eigenvalue weighted by Crippen LogP contribution is 2.14. The van der Waals surface area contributed by atoms with Gasteiger partial charge in [0.2, 0.25) is 5.91 Å². The Labute approximate surface area is 108 Å². The molecule has 18 heavy (non-hydrogen) atoms. The van der Waals surface area contributed by atoms with Crippen LogP contribution in [0.3, 0.4) is 0 Å². The summed E-state index contributed by atoms with van der Waals surface area (Å²) in [6.45, 7) is 1.43. The monoisotopic (exact) mass is 248 g/mol. The van der Waals surface area contributed by atoms with Crippen molar-refractivity contribution in [3.05, 3.63) is 29.8 Å². The number of carbonyl (C=O) groups is 1. The predicted molar refractivity (Wildman–Crippen MR) is 71.2 cm³/mol. The summed E-state index contributed by atoms with van der Waals surface area (Å²) in [5, 5.41) is 0. The molecule has 0 spiro atoms. The van der Waals surface area contributed by atoms with Crippen molar-refractivity contribution < 1.29 is 9.53 Å². The first kappa shape index (κ1) is 12.9. The molecule has 1 saturated heterocycles. The van der Waals surface area contributed by atoms with Crippen molar-refractivity contribution >= 4 is 11.6 Å². The third-order valence-corrected chi connectivity index (χ3v) is 3.43. The molecule has 0 aromatic heterocycles. The number of nitrogens with two attached hydrogens (primary N) is 1. The van der Waals surface area contributed by atoms with Crippen LogP contribution >= 0.6 is 0 Å². The van der Waals surface area contributed by atoms with Crippen molar-refractivity contribution in [2.45, 2.75) is 25.3 Å². The summed E-state index contributed by atoms with van der Waals surface area (Å²) in [5.74, 6) is 0.174. The number of likely N-dealkylation sites (N-methyl/N-ethyl adjacent to an activating group) is 1. The van der Waals surface area contributed by atoms with Crippen LogP contribution in [0.15, 0.2) is 24.3 Å². The van der Waals surface area contributed by atoms with Gasteiger partial charge in [0.05, 0.1) is 12.6 Å². The minimum atomic E-state index is 0.174. The van der Waals surface area contributed by atoms with Gasteiger partial charge in [-0.05, 0) is 30.5 Å². The number of amides is 1. The molecule has 1 aromatic carbocycles. The summed E-state index contributed by atoms with van der Waals surface area (Å²) in [4.78, 5) is 13.8. The summed E-state index contributed by atoms with van der Waals surface area (Å²) < 4.78 is 5.30. The average Bonchev–Trinajstić information content (AvgIpc) is 2.89. The zero-order valence-corrected chi connectivity index (χ0v) is 10.8. The molecule has 1 aliphatic rings. The van der Waals surface area contributed by atoms with Gasteiger partial charge in [0.15, 0.2) is 0 Å². The summed E-state index contributed by atoms with van der Waals surface area (Å²) in [5.41, 5.74) is 7.57. The molecule has 0 bridgehead atoms. The first-order chi connectivity index (χ1) is 8.66. The topological polar surface area (TPSA) is 55.6 Å². The van der Waals surface area contributed by atoms with Gasteiger partial charge >= 0.3 is 0 Å². The highest BCUT2D eigenvalue weighted by atomic mass is 16.5. The minimum Gasteiger partial charge on any atom is -0.399 e. The molecule has 4 nitrogen and oxygen atoms in total. The second kappa shape index (κ2) is 5.87. The summed E-state index contributed by atoms with van der Waals surface area (Å²) in [6, 6.07) is 7.95. The van der Waals surface area contributed by atoms with E-state index >= 15 is 0 Å². The maximum absolute atomic E-state index is 12.0. The zero-order valence-electron chi connectivity index (χ0n) is 10.8. The van der Waals surface area contributed by atoms with Gasteiger partial charge in [-0.25, -0.2) is 0 Å². The van der Waals surface area contributed by atoms with Crippen molar-refractivity contribution in [1.82, 2.24) is 4.90 Å². The number of nitrogen functional groups attached to an aromatic ring is 1. The Morgan fingerprint density at radius 3 is 3.06 bits per heavy atom. The van der Waals surface area contributed by atoms with E-state index in [1.54, 1.807) is 0 Å². The maximum Gasteiger partial charge on any atom is 0.222 e. The normalized spacial score (nSPS) is 18.8. The zero-order chi connectivity index (χ0) is 13.0. The molecule has 0 aliphatic carbocycles. The van der Waals surface area contributed by atoms with Gasteiger partial charge in [-0.2, -0.15) is 0 Å². The van der Waals surface area contributed by atoms with E-state index in [-0.39, 0.29) is 11.9 Å². The molecule has 0 radical (unpaired) electrons. The first-order valence-electron chi connectivity index (χ1n) is 6.34. The average molecular weight is 248 g/mol. The van der Waals surface area contributed by atoms with Gasteiger partial charge in [0.1, 0.15) is 0 Å². The number of ether oxygens (including phenoxy) is 1. The fourth-order valence-corrected chi connectivity index (χ4v) is 2.21.